The van der Waals surface area contributed by atoms with Gasteiger partial charge in [0.05, 0.1) is 21.3 Å². The number of hydrogen-bond donors (Lipinski definition) is 4. The van der Waals surface area contributed by atoms with Gasteiger partial charge in [-0.15, -0.1) is 0 Å². The van der Waals surface area contributed by atoms with Crippen LogP contribution in [0.3, 0.4) is 0 Å². The van der Waals surface area contributed by atoms with Gasteiger partial charge in [-0.05, 0) is 13.0 Å². The first-order valence-electron chi connectivity index (χ1n) is 4.85. The van der Waals surface area contributed by atoms with Crippen LogP contribution in [0.5, 0.6) is 0 Å². The lowest BCUT2D eigenvalue weighted by Crippen LogP contribution is -2.70. The van der Waals surface area contributed by atoms with Crippen LogP contribution in [0, 0.1) is 0 Å². The van der Waals surface area contributed by atoms with Crippen molar-refractivity contribution in [1.29, 1.82) is 0 Å². The summed E-state index contributed by atoms with van der Waals surface area (Å²) in [4.78, 5) is 14.6. The van der Waals surface area contributed by atoms with Crippen LogP contribution in [0.15, 0.2) is 0 Å². The fourth-order valence-electron chi connectivity index (χ4n) is 1.15. The zero-order chi connectivity index (χ0) is 11.6. The van der Waals surface area contributed by atoms with Crippen LogP contribution in [-0.2, 0) is 14.5 Å². The first-order chi connectivity index (χ1) is 7.24. The molecule has 0 radical (unpaired) electrons. The lowest BCUT2D eigenvalue weighted by atomic mass is 10.3. The molecule has 0 aromatic carbocycles. The quantitative estimate of drug-likeness (QED) is 0.217. The van der Waals surface area contributed by atoms with Crippen molar-refractivity contribution in [3.63, 3.8) is 0 Å². The van der Waals surface area contributed by atoms with Gasteiger partial charge in [0, 0.05) is 6.54 Å². The maximum absolute atomic E-state index is 4.87. The zero-order valence-electron chi connectivity index (χ0n) is 9.85. The lowest BCUT2D eigenvalue weighted by Gasteiger charge is -2.33. The van der Waals surface area contributed by atoms with Gasteiger partial charge in [-0.2, -0.15) is 16.4 Å². The number of hydroxylamine groups is 3. The highest BCUT2D eigenvalue weighted by Crippen LogP contribution is 1.94. The molecule has 0 fully saturated rings. The molecule has 92 valence electrons. The molecule has 15 heavy (non-hydrogen) atoms. The molecule has 0 aliphatic rings. The molecule has 0 aliphatic carbocycles. The van der Waals surface area contributed by atoms with E-state index >= 15 is 0 Å². The highest BCUT2D eigenvalue weighted by molar-refractivity contribution is 4.75. The van der Waals surface area contributed by atoms with E-state index in [1.54, 1.807) is 0 Å². The normalized spacial score (nSPS) is 12.0. The molecule has 0 atom stereocenters. The molecule has 0 aromatic heterocycles. The second-order valence-corrected chi connectivity index (χ2v) is 3.00. The monoisotopic (exact) mass is 222 g/mol. The summed E-state index contributed by atoms with van der Waals surface area (Å²) < 4.78 is 0. The number of rotatable bonds is 10. The van der Waals surface area contributed by atoms with Crippen molar-refractivity contribution < 1.29 is 14.5 Å². The summed E-state index contributed by atoms with van der Waals surface area (Å²) in [6.45, 7) is 3.51. The predicted octanol–water partition coefficient (Wildman–Crippen LogP) is -0.907. The molecule has 0 aliphatic heterocycles. The Morgan fingerprint density at radius 2 is 1.40 bits per heavy atom. The number of nitrogens with one attached hydrogen (secondary N) is 4. The lowest BCUT2D eigenvalue weighted by molar-refractivity contribution is -0.155. The molecule has 0 aromatic rings. The standard InChI is InChI=1S/C8H22N4O3/c1-5-6-9-7-8(10-13-2,11-14-3)12-15-4/h9-12H,5-7H2,1-4H3. The van der Waals surface area contributed by atoms with Gasteiger partial charge in [0.2, 0.25) is 5.79 Å². The summed E-state index contributed by atoms with van der Waals surface area (Å²) in [6, 6.07) is 0. The van der Waals surface area contributed by atoms with E-state index < -0.39 is 5.79 Å². The van der Waals surface area contributed by atoms with E-state index in [1.807, 2.05) is 0 Å². The van der Waals surface area contributed by atoms with E-state index in [-0.39, 0.29) is 0 Å². The summed E-state index contributed by atoms with van der Waals surface area (Å²) in [7, 11) is 4.55. The van der Waals surface area contributed by atoms with Crippen LogP contribution in [0.1, 0.15) is 13.3 Å². The van der Waals surface area contributed by atoms with E-state index in [1.165, 1.54) is 21.3 Å². The summed E-state index contributed by atoms with van der Waals surface area (Å²) in [5, 5.41) is 3.20. The van der Waals surface area contributed by atoms with Crippen LogP contribution in [0.25, 0.3) is 0 Å². The molecule has 0 heterocycles. The smallest absolute Gasteiger partial charge is 0.201 e. The average molecular weight is 222 g/mol. The number of hydrogen-bond acceptors (Lipinski definition) is 7. The minimum absolute atomic E-state index is 0.524. The van der Waals surface area contributed by atoms with E-state index in [4.69, 9.17) is 14.5 Å². The van der Waals surface area contributed by atoms with Crippen molar-refractivity contribution in [1.82, 2.24) is 21.8 Å². The highest BCUT2D eigenvalue weighted by Gasteiger charge is 2.29. The van der Waals surface area contributed by atoms with E-state index in [0.29, 0.717) is 6.54 Å². The van der Waals surface area contributed by atoms with Gasteiger partial charge < -0.3 is 19.8 Å². The summed E-state index contributed by atoms with van der Waals surface area (Å²) in [5.41, 5.74) is 8.17. The third-order valence-corrected chi connectivity index (χ3v) is 1.65. The summed E-state index contributed by atoms with van der Waals surface area (Å²) >= 11 is 0. The van der Waals surface area contributed by atoms with E-state index in [0.717, 1.165) is 13.0 Å². The first kappa shape index (κ1) is 14.7. The molecule has 0 saturated heterocycles. The minimum atomic E-state index is -0.826. The molecule has 0 spiro atoms. The van der Waals surface area contributed by atoms with E-state index in [2.05, 4.69) is 28.7 Å². The zero-order valence-corrected chi connectivity index (χ0v) is 9.85. The SMILES string of the molecule is CCCNCC(NOC)(NOC)NOC. The fourth-order valence-corrected chi connectivity index (χ4v) is 1.15. The third-order valence-electron chi connectivity index (χ3n) is 1.65. The van der Waals surface area contributed by atoms with Gasteiger partial charge in [-0.3, -0.25) is 0 Å². The largest absolute Gasteiger partial charge is 0.312 e. The van der Waals surface area contributed by atoms with Crippen molar-refractivity contribution in [2.24, 2.45) is 0 Å². The molecular formula is C8H22N4O3. The highest BCUT2D eigenvalue weighted by atomic mass is 16.7. The van der Waals surface area contributed by atoms with Crippen LogP contribution in [-0.4, -0.2) is 40.2 Å². The molecule has 7 nitrogen and oxygen atoms in total. The van der Waals surface area contributed by atoms with E-state index in [9.17, 15) is 0 Å². The van der Waals surface area contributed by atoms with Crippen LogP contribution in [0.4, 0.5) is 0 Å². The maximum Gasteiger partial charge on any atom is 0.201 e. The Morgan fingerprint density at radius 1 is 0.933 bits per heavy atom. The van der Waals surface area contributed by atoms with Gasteiger partial charge in [-0.25, -0.2) is 0 Å². The second kappa shape index (κ2) is 8.98. The van der Waals surface area contributed by atoms with Crippen LogP contribution >= 0.6 is 0 Å². The van der Waals surface area contributed by atoms with Gasteiger partial charge in [0.15, 0.2) is 0 Å². The molecular weight excluding hydrogens is 200 g/mol. The maximum atomic E-state index is 4.87. The van der Waals surface area contributed by atoms with Crippen molar-refractivity contribution in [2.45, 2.75) is 19.1 Å². The van der Waals surface area contributed by atoms with Gasteiger partial charge in [0.25, 0.3) is 0 Å². The first-order valence-corrected chi connectivity index (χ1v) is 4.85. The Balaban J connectivity index is 4.18. The molecule has 0 bridgehead atoms. The summed E-state index contributed by atoms with van der Waals surface area (Å²) in [6.07, 6.45) is 1.04. The van der Waals surface area contributed by atoms with Gasteiger partial charge in [0.1, 0.15) is 0 Å². The fraction of sp³-hybridized carbons (Fsp3) is 1.00. The Kier molecular flexibility index (Phi) is 8.82. The minimum Gasteiger partial charge on any atom is -0.312 e. The Morgan fingerprint density at radius 3 is 1.73 bits per heavy atom. The van der Waals surface area contributed by atoms with Gasteiger partial charge in [-0.1, -0.05) is 6.92 Å². The van der Waals surface area contributed by atoms with Gasteiger partial charge >= 0.3 is 0 Å². The average Bonchev–Trinajstić information content (AvgIpc) is 2.19. The topological polar surface area (TPSA) is 75.8 Å². The molecule has 0 rings (SSSR count). The summed E-state index contributed by atoms with van der Waals surface area (Å²) in [5.74, 6) is -0.826. The molecule has 0 unspecified atom stereocenters. The van der Waals surface area contributed by atoms with Crippen molar-refractivity contribution >= 4 is 0 Å². The Bertz CT molecular complexity index is 131. The van der Waals surface area contributed by atoms with Crippen molar-refractivity contribution in [3.8, 4) is 0 Å². The third kappa shape index (κ3) is 6.00. The Hall–Kier alpha value is -0.280. The second-order valence-electron chi connectivity index (χ2n) is 3.00. The molecule has 4 N–H and O–H groups in total. The van der Waals surface area contributed by atoms with Crippen molar-refractivity contribution in [2.75, 3.05) is 34.4 Å². The molecule has 0 amide bonds. The van der Waals surface area contributed by atoms with Crippen molar-refractivity contribution in [3.05, 3.63) is 0 Å². The van der Waals surface area contributed by atoms with Crippen LogP contribution < -0.4 is 21.8 Å². The van der Waals surface area contributed by atoms with Crippen LogP contribution in [0.2, 0.25) is 0 Å². The Labute approximate surface area is 90.7 Å². The molecule has 7 heteroatoms. The molecule has 0 saturated carbocycles. The predicted molar refractivity (Wildman–Crippen MR) is 56.3 cm³/mol.